The maximum atomic E-state index is 5.71. The molecule has 0 atom stereocenters. The van der Waals surface area contributed by atoms with Crippen molar-refractivity contribution >= 4 is 11.3 Å². The van der Waals surface area contributed by atoms with Gasteiger partial charge in [-0.3, -0.25) is 0 Å². The van der Waals surface area contributed by atoms with Crippen molar-refractivity contribution in [1.29, 1.82) is 0 Å². The van der Waals surface area contributed by atoms with Crippen molar-refractivity contribution in [3.8, 4) is 10.9 Å². The van der Waals surface area contributed by atoms with Crippen LogP contribution in [0.15, 0.2) is 24.3 Å². The molecule has 0 bridgehead atoms. The Morgan fingerprint density at radius 3 is 2.78 bits per heavy atom. The van der Waals surface area contributed by atoms with Crippen molar-refractivity contribution < 1.29 is 4.74 Å². The molecule has 2 rings (SSSR count). The molecule has 0 saturated heterocycles. The van der Waals surface area contributed by atoms with Gasteiger partial charge in [0.25, 0.3) is 5.19 Å². The Balaban J connectivity index is 2.00. The number of nitrogens with zero attached hydrogens (tertiary/aromatic N) is 2. The minimum Gasteiger partial charge on any atom is -0.430 e. The highest BCUT2D eigenvalue weighted by Gasteiger charge is 2.07. The molecule has 4 nitrogen and oxygen atoms in total. The molecular formula is C13H17N3OS. The topological polar surface area (TPSA) is 47.0 Å². The van der Waals surface area contributed by atoms with Crippen molar-refractivity contribution in [2.45, 2.75) is 33.4 Å². The summed E-state index contributed by atoms with van der Waals surface area (Å²) in [6.45, 7) is 6.95. The van der Waals surface area contributed by atoms with Crippen LogP contribution in [-0.2, 0) is 6.54 Å². The van der Waals surface area contributed by atoms with E-state index >= 15 is 0 Å². The maximum absolute atomic E-state index is 5.71. The Kier molecular flexibility index (Phi) is 4.28. The van der Waals surface area contributed by atoms with E-state index in [4.69, 9.17) is 4.74 Å². The van der Waals surface area contributed by atoms with E-state index in [2.05, 4.69) is 29.4 Å². The van der Waals surface area contributed by atoms with E-state index in [1.807, 2.05) is 31.2 Å². The molecule has 1 aromatic carbocycles. The van der Waals surface area contributed by atoms with Crippen LogP contribution in [0.25, 0.3) is 0 Å². The van der Waals surface area contributed by atoms with Crippen LogP contribution in [-0.4, -0.2) is 16.2 Å². The highest BCUT2D eigenvalue weighted by atomic mass is 32.1. The standard InChI is InChI=1S/C13H17N3OS/c1-9(2)14-8-12-15-16-13(18-12)17-11-7-5-4-6-10(11)3/h4-7,9,14H,8H2,1-3H3. The minimum atomic E-state index is 0.439. The molecule has 0 saturated carbocycles. The summed E-state index contributed by atoms with van der Waals surface area (Å²) in [6.07, 6.45) is 0. The fourth-order valence-electron chi connectivity index (χ4n) is 1.41. The van der Waals surface area contributed by atoms with Crippen molar-refractivity contribution in [3.63, 3.8) is 0 Å². The van der Waals surface area contributed by atoms with Gasteiger partial charge in [-0.25, -0.2) is 0 Å². The van der Waals surface area contributed by atoms with E-state index in [0.717, 1.165) is 22.9 Å². The van der Waals surface area contributed by atoms with E-state index in [1.54, 1.807) is 0 Å². The zero-order chi connectivity index (χ0) is 13.0. The lowest BCUT2D eigenvalue weighted by Crippen LogP contribution is -2.21. The number of nitrogens with one attached hydrogen (secondary N) is 1. The predicted octanol–water partition coefficient (Wildman–Crippen LogP) is 3.14. The van der Waals surface area contributed by atoms with Gasteiger partial charge in [-0.15, -0.1) is 5.10 Å². The zero-order valence-corrected chi connectivity index (χ0v) is 11.6. The first-order chi connectivity index (χ1) is 8.65. The molecule has 0 aliphatic carbocycles. The van der Waals surface area contributed by atoms with Gasteiger partial charge in [0.2, 0.25) is 0 Å². The summed E-state index contributed by atoms with van der Waals surface area (Å²) in [4.78, 5) is 0. The molecule has 1 N–H and O–H groups in total. The molecule has 0 spiro atoms. The minimum absolute atomic E-state index is 0.439. The van der Waals surface area contributed by atoms with Crippen LogP contribution in [0, 0.1) is 6.92 Å². The van der Waals surface area contributed by atoms with Crippen LogP contribution in [0.4, 0.5) is 0 Å². The lowest BCUT2D eigenvalue weighted by Gasteiger charge is -2.04. The molecule has 0 unspecified atom stereocenters. The highest BCUT2D eigenvalue weighted by molar-refractivity contribution is 7.13. The second-order valence-corrected chi connectivity index (χ2v) is 5.39. The highest BCUT2D eigenvalue weighted by Crippen LogP contribution is 2.27. The first kappa shape index (κ1) is 13.0. The number of benzene rings is 1. The average Bonchev–Trinajstić information content (AvgIpc) is 2.77. The second-order valence-electron chi connectivity index (χ2n) is 4.36. The first-order valence-corrected chi connectivity index (χ1v) is 6.76. The summed E-state index contributed by atoms with van der Waals surface area (Å²) in [5.74, 6) is 0.831. The van der Waals surface area contributed by atoms with Gasteiger partial charge in [-0.2, -0.15) is 0 Å². The fourth-order valence-corrected chi connectivity index (χ4v) is 2.06. The van der Waals surface area contributed by atoms with Gasteiger partial charge in [0.15, 0.2) is 0 Å². The van der Waals surface area contributed by atoms with E-state index in [-0.39, 0.29) is 0 Å². The molecule has 2 aromatic rings. The van der Waals surface area contributed by atoms with Gasteiger partial charge in [0.1, 0.15) is 10.8 Å². The number of rotatable bonds is 5. The summed E-state index contributed by atoms with van der Waals surface area (Å²) in [7, 11) is 0. The molecule has 96 valence electrons. The van der Waals surface area contributed by atoms with Crippen LogP contribution in [0.5, 0.6) is 10.9 Å². The summed E-state index contributed by atoms with van der Waals surface area (Å²) in [5, 5.41) is 13.0. The molecule has 0 aliphatic heterocycles. The van der Waals surface area contributed by atoms with Crippen molar-refractivity contribution in [3.05, 3.63) is 34.8 Å². The van der Waals surface area contributed by atoms with Crippen molar-refractivity contribution in [2.24, 2.45) is 0 Å². The normalized spacial score (nSPS) is 10.9. The SMILES string of the molecule is Cc1ccccc1Oc1nnc(CNC(C)C)s1. The van der Waals surface area contributed by atoms with E-state index in [1.165, 1.54) is 11.3 Å². The number of hydrogen-bond acceptors (Lipinski definition) is 5. The smallest absolute Gasteiger partial charge is 0.299 e. The molecule has 18 heavy (non-hydrogen) atoms. The Bertz CT molecular complexity index is 510. The summed E-state index contributed by atoms with van der Waals surface area (Å²) in [5.41, 5.74) is 1.09. The van der Waals surface area contributed by atoms with Gasteiger partial charge < -0.3 is 10.1 Å². The number of aromatic nitrogens is 2. The van der Waals surface area contributed by atoms with Crippen LogP contribution in [0.2, 0.25) is 0 Å². The number of para-hydroxylation sites is 1. The molecule has 5 heteroatoms. The predicted molar refractivity (Wildman–Crippen MR) is 73.1 cm³/mol. The molecule has 0 amide bonds. The quantitative estimate of drug-likeness (QED) is 0.900. The number of ether oxygens (including phenoxy) is 1. The van der Waals surface area contributed by atoms with Crippen LogP contribution in [0.1, 0.15) is 24.4 Å². The fraction of sp³-hybridized carbons (Fsp3) is 0.385. The Hall–Kier alpha value is -1.46. The zero-order valence-electron chi connectivity index (χ0n) is 10.8. The molecule has 0 fully saturated rings. The molecule has 1 heterocycles. The van der Waals surface area contributed by atoms with Crippen molar-refractivity contribution in [1.82, 2.24) is 15.5 Å². The lowest BCUT2D eigenvalue weighted by molar-refractivity contribution is 0.469. The Morgan fingerprint density at radius 1 is 1.28 bits per heavy atom. The molecule has 0 radical (unpaired) electrons. The summed E-state index contributed by atoms with van der Waals surface area (Å²) >= 11 is 1.47. The average molecular weight is 263 g/mol. The molecular weight excluding hydrogens is 246 g/mol. The maximum Gasteiger partial charge on any atom is 0.299 e. The Labute approximate surface area is 111 Å². The van der Waals surface area contributed by atoms with Gasteiger partial charge in [0, 0.05) is 6.04 Å². The first-order valence-electron chi connectivity index (χ1n) is 5.94. The number of aryl methyl sites for hydroxylation is 1. The number of hydrogen-bond donors (Lipinski definition) is 1. The second kappa shape index (κ2) is 5.93. The van der Waals surface area contributed by atoms with E-state index in [9.17, 15) is 0 Å². The third-order valence-electron chi connectivity index (χ3n) is 2.40. The van der Waals surface area contributed by atoms with Gasteiger partial charge in [-0.1, -0.05) is 48.5 Å². The van der Waals surface area contributed by atoms with Crippen LogP contribution in [0.3, 0.4) is 0 Å². The lowest BCUT2D eigenvalue weighted by atomic mass is 10.2. The monoisotopic (exact) mass is 263 g/mol. The third kappa shape index (κ3) is 3.51. The largest absolute Gasteiger partial charge is 0.430 e. The molecule has 0 aliphatic rings. The van der Waals surface area contributed by atoms with E-state index in [0.29, 0.717) is 11.2 Å². The van der Waals surface area contributed by atoms with Gasteiger partial charge in [-0.05, 0) is 18.6 Å². The summed E-state index contributed by atoms with van der Waals surface area (Å²) in [6, 6.07) is 8.32. The van der Waals surface area contributed by atoms with Crippen LogP contribution < -0.4 is 10.1 Å². The summed E-state index contributed by atoms with van der Waals surface area (Å²) < 4.78 is 5.71. The van der Waals surface area contributed by atoms with Gasteiger partial charge in [0.05, 0.1) is 6.54 Å². The van der Waals surface area contributed by atoms with E-state index < -0.39 is 0 Å². The molecule has 1 aromatic heterocycles. The van der Waals surface area contributed by atoms with Crippen LogP contribution >= 0.6 is 11.3 Å². The Morgan fingerprint density at radius 2 is 2.06 bits per heavy atom. The third-order valence-corrected chi connectivity index (χ3v) is 3.20. The van der Waals surface area contributed by atoms with Crippen molar-refractivity contribution in [2.75, 3.05) is 0 Å². The van der Waals surface area contributed by atoms with Gasteiger partial charge >= 0.3 is 0 Å².